The van der Waals surface area contributed by atoms with Gasteiger partial charge in [-0.1, -0.05) is 38.1 Å². The zero-order chi connectivity index (χ0) is 24.9. The average molecular weight is 485 g/mol. The molecule has 1 atom stereocenters. The van der Waals surface area contributed by atoms with Crippen LogP contribution in [-0.4, -0.2) is 45.4 Å². The van der Waals surface area contributed by atoms with Crippen molar-refractivity contribution in [3.63, 3.8) is 0 Å². The molecule has 0 aromatic heterocycles. The molecule has 7 nitrogen and oxygen atoms in total. The number of hydrogen-bond acceptors (Lipinski definition) is 5. The van der Waals surface area contributed by atoms with Gasteiger partial charge in [-0.25, -0.2) is 8.42 Å². The van der Waals surface area contributed by atoms with Gasteiger partial charge >= 0.3 is 0 Å². The Bertz CT molecular complexity index is 1270. The lowest BCUT2D eigenvalue weighted by atomic mass is 9.97. The summed E-state index contributed by atoms with van der Waals surface area (Å²) in [5.74, 6) is 0.367. The lowest BCUT2D eigenvalue weighted by Crippen LogP contribution is -2.31. The van der Waals surface area contributed by atoms with Crippen LogP contribution < -0.4 is 14.8 Å². The number of anilines is 1. The van der Waals surface area contributed by atoms with Crippen LogP contribution in [0.2, 0.25) is 0 Å². The summed E-state index contributed by atoms with van der Waals surface area (Å²) in [5.41, 5.74) is 1.26. The highest BCUT2D eigenvalue weighted by molar-refractivity contribution is 7.89. The maximum absolute atomic E-state index is 13.2. The van der Waals surface area contributed by atoms with E-state index in [1.165, 1.54) is 10.4 Å². The smallest absolute Gasteiger partial charge is 0.246 e. The number of nitrogens with zero attached hydrogens (tertiary/aromatic N) is 1. The molecule has 34 heavy (non-hydrogen) atoms. The largest absolute Gasteiger partial charge is 0.497 e. The van der Waals surface area contributed by atoms with Crippen LogP contribution in [0.15, 0.2) is 59.5 Å². The number of rotatable bonds is 10. The van der Waals surface area contributed by atoms with E-state index in [9.17, 15) is 13.2 Å². The molecule has 0 aliphatic heterocycles. The molecule has 3 aromatic carbocycles. The predicted octanol–water partition coefficient (Wildman–Crippen LogP) is 5.02. The van der Waals surface area contributed by atoms with E-state index in [2.05, 4.69) is 5.32 Å². The number of hydrogen-bond donors (Lipinski definition) is 1. The van der Waals surface area contributed by atoms with Gasteiger partial charge in [0.05, 0.1) is 19.6 Å². The van der Waals surface area contributed by atoms with E-state index in [0.717, 1.165) is 22.1 Å². The fourth-order valence-corrected chi connectivity index (χ4v) is 5.42. The Hall–Kier alpha value is -3.10. The van der Waals surface area contributed by atoms with Gasteiger partial charge in [-0.05, 0) is 60.5 Å². The summed E-state index contributed by atoms with van der Waals surface area (Å²) in [5, 5.41) is 4.89. The molecular formula is C26H32N2O5S. The minimum atomic E-state index is -3.77. The normalized spacial score (nSPS) is 12.5. The molecule has 0 heterocycles. The van der Waals surface area contributed by atoms with Gasteiger partial charge in [0.25, 0.3) is 0 Å². The molecule has 3 aromatic rings. The van der Waals surface area contributed by atoms with Crippen LogP contribution in [0.4, 0.5) is 5.69 Å². The van der Waals surface area contributed by atoms with E-state index < -0.39 is 15.9 Å². The molecule has 0 spiro atoms. The van der Waals surface area contributed by atoms with Gasteiger partial charge in [0.15, 0.2) is 0 Å². The van der Waals surface area contributed by atoms with Crippen molar-refractivity contribution in [3.8, 4) is 11.5 Å². The summed E-state index contributed by atoms with van der Waals surface area (Å²) in [6.07, 6.45) is 0. The molecule has 0 saturated carbocycles. The second kappa shape index (κ2) is 10.9. The standard InChI is InChI=1S/C26H32N2O5S/c1-6-28(7-2)34(30,31)25-17-22(12-14-24(25)33-8-3)27-26(29)18(4)19-9-10-21-16-23(32-5)13-11-20(21)15-19/h9-18H,6-8H2,1-5H3,(H,27,29)/t18-/m0/s1. The summed E-state index contributed by atoms with van der Waals surface area (Å²) >= 11 is 0. The number of amides is 1. The maximum atomic E-state index is 13.2. The molecule has 0 aliphatic rings. The van der Waals surface area contributed by atoms with Gasteiger partial charge in [0, 0.05) is 18.8 Å². The molecule has 0 saturated heterocycles. The summed E-state index contributed by atoms with van der Waals surface area (Å²) < 4.78 is 38.6. The van der Waals surface area contributed by atoms with Crippen LogP contribution in [0.1, 0.15) is 39.2 Å². The summed E-state index contributed by atoms with van der Waals surface area (Å²) in [4.78, 5) is 13.1. The van der Waals surface area contributed by atoms with Gasteiger partial charge in [0.2, 0.25) is 15.9 Å². The summed E-state index contributed by atoms with van der Waals surface area (Å²) in [7, 11) is -2.14. The van der Waals surface area contributed by atoms with E-state index in [1.54, 1.807) is 40.0 Å². The number of benzene rings is 3. The first-order chi connectivity index (χ1) is 16.2. The second-order valence-electron chi connectivity index (χ2n) is 7.87. The van der Waals surface area contributed by atoms with Gasteiger partial charge in [-0.3, -0.25) is 4.79 Å². The van der Waals surface area contributed by atoms with Crippen molar-refractivity contribution in [2.45, 2.75) is 38.5 Å². The van der Waals surface area contributed by atoms with Crippen molar-refractivity contribution in [1.29, 1.82) is 0 Å². The first-order valence-corrected chi connectivity index (χ1v) is 12.8. The fraction of sp³-hybridized carbons (Fsp3) is 0.346. The average Bonchev–Trinajstić information content (AvgIpc) is 2.84. The molecule has 0 unspecified atom stereocenters. The van der Waals surface area contributed by atoms with E-state index in [0.29, 0.717) is 25.4 Å². The third-order valence-corrected chi connectivity index (χ3v) is 7.87. The quantitative estimate of drug-likeness (QED) is 0.437. The van der Waals surface area contributed by atoms with Gasteiger partial charge in [-0.2, -0.15) is 4.31 Å². The zero-order valence-corrected chi connectivity index (χ0v) is 21.1. The molecule has 182 valence electrons. The number of carbonyl (C=O) groups excluding carboxylic acids is 1. The Balaban J connectivity index is 1.88. The van der Waals surface area contributed by atoms with Crippen molar-refractivity contribution in [1.82, 2.24) is 4.31 Å². The van der Waals surface area contributed by atoms with E-state index in [-0.39, 0.29) is 16.6 Å². The molecule has 0 fully saturated rings. The topological polar surface area (TPSA) is 84.9 Å². The molecule has 0 bridgehead atoms. The SMILES string of the molecule is CCOc1ccc(NC(=O)[C@@H](C)c2ccc3cc(OC)ccc3c2)cc1S(=O)(=O)N(CC)CC. The third kappa shape index (κ3) is 5.34. The Labute approximate surface area is 201 Å². The fourth-order valence-electron chi connectivity index (χ4n) is 3.81. The molecule has 0 radical (unpaired) electrons. The van der Waals surface area contributed by atoms with Crippen molar-refractivity contribution in [3.05, 3.63) is 60.2 Å². The summed E-state index contributed by atoms with van der Waals surface area (Å²) in [6.45, 7) is 8.20. The van der Waals surface area contributed by atoms with Crippen LogP contribution in [0, 0.1) is 0 Å². The first kappa shape index (κ1) is 25.5. The molecule has 1 amide bonds. The monoisotopic (exact) mass is 484 g/mol. The number of fused-ring (bicyclic) bond motifs is 1. The van der Waals surface area contributed by atoms with Gasteiger partial charge in [-0.15, -0.1) is 0 Å². The van der Waals surface area contributed by atoms with Crippen LogP contribution in [-0.2, 0) is 14.8 Å². The van der Waals surface area contributed by atoms with Crippen molar-refractivity contribution < 1.29 is 22.7 Å². The highest BCUT2D eigenvalue weighted by Crippen LogP contribution is 2.31. The van der Waals surface area contributed by atoms with Crippen LogP contribution >= 0.6 is 0 Å². The van der Waals surface area contributed by atoms with Crippen molar-refractivity contribution >= 4 is 32.4 Å². The van der Waals surface area contributed by atoms with Crippen LogP contribution in [0.5, 0.6) is 11.5 Å². The first-order valence-electron chi connectivity index (χ1n) is 11.4. The Morgan fingerprint density at radius 3 is 2.29 bits per heavy atom. The maximum Gasteiger partial charge on any atom is 0.246 e. The minimum Gasteiger partial charge on any atom is -0.497 e. The van der Waals surface area contributed by atoms with E-state index in [1.807, 2.05) is 43.3 Å². The lowest BCUT2D eigenvalue weighted by Gasteiger charge is -2.21. The van der Waals surface area contributed by atoms with Crippen molar-refractivity contribution in [2.75, 3.05) is 32.1 Å². The molecule has 3 rings (SSSR count). The predicted molar refractivity (Wildman–Crippen MR) is 135 cm³/mol. The Kier molecular flexibility index (Phi) is 8.17. The molecular weight excluding hydrogens is 452 g/mol. The number of methoxy groups -OCH3 is 1. The highest BCUT2D eigenvalue weighted by atomic mass is 32.2. The van der Waals surface area contributed by atoms with Crippen molar-refractivity contribution in [2.24, 2.45) is 0 Å². The Morgan fingerprint density at radius 2 is 1.65 bits per heavy atom. The molecule has 8 heteroatoms. The number of sulfonamides is 1. The number of carbonyl (C=O) groups is 1. The van der Waals surface area contributed by atoms with Crippen LogP contribution in [0.3, 0.4) is 0 Å². The summed E-state index contributed by atoms with van der Waals surface area (Å²) in [6, 6.07) is 16.4. The third-order valence-electron chi connectivity index (χ3n) is 5.80. The van der Waals surface area contributed by atoms with E-state index >= 15 is 0 Å². The van der Waals surface area contributed by atoms with E-state index in [4.69, 9.17) is 9.47 Å². The molecule has 0 aliphatic carbocycles. The zero-order valence-electron chi connectivity index (χ0n) is 20.3. The lowest BCUT2D eigenvalue weighted by molar-refractivity contribution is -0.117. The minimum absolute atomic E-state index is 0.0446. The number of nitrogens with one attached hydrogen (secondary N) is 1. The second-order valence-corrected chi connectivity index (χ2v) is 9.77. The van der Waals surface area contributed by atoms with Crippen LogP contribution in [0.25, 0.3) is 10.8 Å². The highest BCUT2D eigenvalue weighted by Gasteiger charge is 2.27. The van der Waals surface area contributed by atoms with Gasteiger partial charge < -0.3 is 14.8 Å². The Morgan fingerprint density at radius 1 is 0.971 bits per heavy atom. The van der Waals surface area contributed by atoms with Gasteiger partial charge in [0.1, 0.15) is 16.4 Å². The molecule has 1 N–H and O–H groups in total. The number of ether oxygens (including phenoxy) is 2.